The first-order valence-corrected chi connectivity index (χ1v) is 9.47. The molecule has 0 aliphatic heterocycles. The Hall–Kier alpha value is -2.13. The Morgan fingerprint density at radius 1 is 0.931 bits per heavy atom. The van der Waals surface area contributed by atoms with Gasteiger partial charge >= 0.3 is 0 Å². The monoisotopic (exact) mass is 509 g/mol. The van der Waals surface area contributed by atoms with Crippen molar-refractivity contribution in [3.63, 3.8) is 0 Å². The van der Waals surface area contributed by atoms with Gasteiger partial charge in [0.05, 0.1) is 0 Å². The number of aliphatic imine (C=N–C) groups is 1. The molecule has 2 aromatic rings. The molecule has 0 saturated heterocycles. The molecule has 0 aliphatic rings. The van der Waals surface area contributed by atoms with Gasteiger partial charge in [-0.15, -0.1) is 24.0 Å². The highest BCUT2D eigenvalue weighted by atomic mass is 127. The lowest BCUT2D eigenvalue weighted by molar-refractivity contribution is 0.0827. The fraction of sp³-hybridized carbons (Fsp3) is 0.364. The van der Waals surface area contributed by atoms with E-state index in [-0.39, 0.29) is 29.9 Å². The van der Waals surface area contributed by atoms with Crippen molar-refractivity contribution < 1.29 is 4.79 Å². The maximum Gasteiger partial charge on any atom is 0.253 e. The van der Waals surface area contributed by atoms with Gasteiger partial charge in [-0.3, -0.25) is 9.79 Å². The molecule has 2 rings (SSSR count). The molecule has 0 atom stereocenters. The number of guanidine groups is 1. The van der Waals surface area contributed by atoms with Crippen LogP contribution in [0.3, 0.4) is 0 Å². The average Bonchev–Trinajstić information content (AvgIpc) is 2.71. The van der Waals surface area contributed by atoms with Gasteiger partial charge in [-0.2, -0.15) is 0 Å². The van der Waals surface area contributed by atoms with Crippen molar-refractivity contribution in [2.75, 3.05) is 41.3 Å². The molecule has 0 unspecified atom stereocenters. The fourth-order valence-electron chi connectivity index (χ4n) is 2.77. The first kappa shape index (κ1) is 24.9. The summed E-state index contributed by atoms with van der Waals surface area (Å²) in [6.07, 6.45) is 0. The molecule has 0 fully saturated rings. The first-order chi connectivity index (χ1) is 13.5. The highest BCUT2D eigenvalue weighted by Gasteiger charge is 2.07. The van der Waals surface area contributed by atoms with E-state index in [4.69, 9.17) is 0 Å². The number of hydrogen-bond donors (Lipinski definition) is 2. The highest BCUT2D eigenvalue weighted by Crippen LogP contribution is 2.06. The fourth-order valence-corrected chi connectivity index (χ4v) is 2.77. The number of rotatable bonds is 8. The minimum atomic E-state index is 0. The third-order valence-electron chi connectivity index (χ3n) is 4.37. The van der Waals surface area contributed by atoms with E-state index in [0.717, 1.165) is 31.2 Å². The molecule has 29 heavy (non-hydrogen) atoms. The summed E-state index contributed by atoms with van der Waals surface area (Å²) >= 11 is 0. The number of hydrogen-bond acceptors (Lipinski definition) is 3. The predicted octanol–water partition coefficient (Wildman–Crippen LogP) is 2.80. The van der Waals surface area contributed by atoms with Crippen LogP contribution in [0.4, 0.5) is 0 Å². The maximum atomic E-state index is 11.9. The normalized spacial score (nSPS) is 11.0. The zero-order chi connectivity index (χ0) is 20.4. The summed E-state index contributed by atoms with van der Waals surface area (Å²) in [6, 6.07) is 18.1. The van der Waals surface area contributed by atoms with E-state index in [0.29, 0.717) is 12.1 Å². The van der Waals surface area contributed by atoms with Crippen molar-refractivity contribution in [1.29, 1.82) is 0 Å². The summed E-state index contributed by atoms with van der Waals surface area (Å²) in [5.41, 5.74) is 3.10. The van der Waals surface area contributed by atoms with Gasteiger partial charge in [0.1, 0.15) is 0 Å². The highest BCUT2D eigenvalue weighted by molar-refractivity contribution is 14.0. The van der Waals surface area contributed by atoms with Crippen LogP contribution in [0.5, 0.6) is 0 Å². The Morgan fingerprint density at radius 3 is 2.17 bits per heavy atom. The second-order valence-corrected chi connectivity index (χ2v) is 6.97. The number of nitrogens with zero attached hydrogens (tertiary/aromatic N) is 3. The molecule has 0 spiro atoms. The van der Waals surface area contributed by atoms with Crippen LogP contribution in [-0.2, 0) is 13.1 Å². The van der Waals surface area contributed by atoms with Gasteiger partial charge in [0, 0.05) is 52.9 Å². The molecule has 2 N–H and O–H groups in total. The smallest absolute Gasteiger partial charge is 0.253 e. The minimum Gasteiger partial charge on any atom is -0.355 e. The number of benzene rings is 2. The van der Waals surface area contributed by atoms with E-state index in [1.54, 1.807) is 26.0 Å². The van der Waals surface area contributed by atoms with Gasteiger partial charge in [-0.05, 0) is 30.3 Å². The van der Waals surface area contributed by atoms with Gasteiger partial charge in [-0.25, -0.2) is 0 Å². The zero-order valence-corrected chi connectivity index (χ0v) is 20.0. The van der Waals surface area contributed by atoms with Crippen molar-refractivity contribution in [1.82, 2.24) is 20.4 Å². The topological polar surface area (TPSA) is 60.0 Å². The molecular formula is C22H32IN5O. The SMILES string of the molecule is CN=C(NCCN(C)Cc1ccccc1)NCc1ccc(C(=O)N(C)C)cc1.I. The molecule has 0 aliphatic carbocycles. The van der Waals surface area contributed by atoms with Crippen molar-refractivity contribution in [2.24, 2.45) is 4.99 Å². The van der Waals surface area contributed by atoms with Crippen LogP contribution in [0, 0.1) is 0 Å². The minimum absolute atomic E-state index is 0. The molecule has 0 radical (unpaired) electrons. The third kappa shape index (κ3) is 8.82. The molecule has 158 valence electrons. The lowest BCUT2D eigenvalue weighted by atomic mass is 10.1. The quantitative estimate of drug-likeness (QED) is 0.327. The largest absolute Gasteiger partial charge is 0.355 e. The third-order valence-corrected chi connectivity index (χ3v) is 4.37. The molecule has 0 bridgehead atoms. The molecule has 7 heteroatoms. The maximum absolute atomic E-state index is 11.9. The van der Waals surface area contributed by atoms with Crippen LogP contribution in [0.15, 0.2) is 59.6 Å². The van der Waals surface area contributed by atoms with E-state index in [2.05, 4.69) is 51.8 Å². The number of carbonyl (C=O) groups is 1. The number of likely N-dealkylation sites (N-methyl/N-ethyl adjacent to an activating group) is 1. The van der Waals surface area contributed by atoms with Crippen LogP contribution < -0.4 is 10.6 Å². The second-order valence-electron chi connectivity index (χ2n) is 6.97. The summed E-state index contributed by atoms with van der Waals surface area (Å²) in [4.78, 5) is 20.1. The van der Waals surface area contributed by atoms with Gasteiger partial charge in [0.15, 0.2) is 5.96 Å². The van der Waals surface area contributed by atoms with Crippen LogP contribution in [-0.4, -0.2) is 62.9 Å². The summed E-state index contributed by atoms with van der Waals surface area (Å²) in [7, 11) is 7.39. The predicted molar refractivity (Wildman–Crippen MR) is 131 cm³/mol. The van der Waals surface area contributed by atoms with Gasteiger partial charge in [0.25, 0.3) is 5.91 Å². The Kier molecular flexibility index (Phi) is 11.3. The van der Waals surface area contributed by atoms with Crippen molar-refractivity contribution >= 4 is 35.8 Å². The molecule has 0 saturated carbocycles. The average molecular weight is 509 g/mol. The van der Waals surface area contributed by atoms with Crippen molar-refractivity contribution in [3.8, 4) is 0 Å². The second kappa shape index (κ2) is 13.2. The van der Waals surface area contributed by atoms with Crippen molar-refractivity contribution in [3.05, 3.63) is 71.3 Å². The van der Waals surface area contributed by atoms with Gasteiger partial charge in [-0.1, -0.05) is 42.5 Å². The molecule has 1 amide bonds. The van der Waals surface area contributed by atoms with E-state index in [9.17, 15) is 4.79 Å². The van der Waals surface area contributed by atoms with Gasteiger partial charge < -0.3 is 20.4 Å². The van der Waals surface area contributed by atoms with Crippen LogP contribution in [0.25, 0.3) is 0 Å². The van der Waals surface area contributed by atoms with Crippen LogP contribution >= 0.6 is 24.0 Å². The summed E-state index contributed by atoms with van der Waals surface area (Å²) in [6.45, 7) is 3.29. The Bertz CT molecular complexity index is 763. The van der Waals surface area contributed by atoms with E-state index in [1.807, 2.05) is 30.3 Å². The molecule has 2 aromatic carbocycles. The Balaban J connectivity index is 0.00000420. The number of carbonyl (C=O) groups excluding carboxylic acids is 1. The van der Waals surface area contributed by atoms with Crippen molar-refractivity contribution in [2.45, 2.75) is 13.1 Å². The lowest BCUT2D eigenvalue weighted by Gasteiger charge is -2.18. The Labute approximate surface area is 191 Å². The number of nitrogens with one attached hydrogen (secondary N) is 2. The molecule has 0 aromatic heterocycles. The van der Waals surface area contributed by atoms with E-state index < -0.39 is 0 Å². The number of halogens is 1. The summed E-state index contributed by atoms with van der Waals surface area (Å²) in [5.74, 6) is 0.776. The lowest BCUT2D eigenvalue weighted by Crippen LogP contribution is -2.40. The van der Waals surface area contributed by atoms with E-state index in [1.165, 1.54) is 5.56 Å². The van der Waals surface area contributed by atoms with Gasteiger partial charge in [0.2, 0.25) is 0 Å². The van der Waals surface area contributed by atoms with E-state index >= 15 is 0 Å². The standard InChI is InChI=1S/C22H31N5O.HI/c1-23-22(24-14-15-27(4)17-19-8-6-5-7-9-19)25-16-18-10-12-20(13-11-18)21(28)26(2)3;/h5-13H,14-17H2,1-4H3,(H2,23,24,25);1H. The molecular weight excluding hydrogens is 477 g/mol. The summed E-state index contributed by atoms with van der Waals surface area (Å²) < 4.78 is 0. The number of amides is 1. The summed E-state index contributed by atoms with van der Waals surface area (Å²) in [5, 5.41) is 6.64. The first-order valence-electron chi connectivity index (χ1n) is 9.47. The molecule has 6 nitrogen and oxygen atoms in total. The van der Waals surface area contributed by atoms with Crippen LogP contribution in [0.1, 0.15) is 21.5 Å². The molecule has 0 heterocycles. The van der Waals surface area contributed by atoms with Crippen LogP contribution in [0.2, 0.25) is 0 Å². The zero-order valence-electron chi connectivity index (χ0n) is 17.7. The Morgan fingerprint density at radius 2 is 1.59 bits per heavy atom.